The van der Waals surface area contributed by atoms with Gasteiger partial charge in [0.15, 0.2) is 5.69 Å². The molecule has 0 amide bonds. The largest absolute Gasteiger partial charge is 0.434 e. The molecule has 0 unspecified atom stereocenters. The number of hydrogen-bond acceptors (Lipinski definition) is 4. The third-order valence-electron chi connectivity index (χ3n) is 2.26. The standard InChI is InChI=1S/C11H9BrF3N3S/c1-16-5-7-9(11(13,14)15)18-10(19-7)8-6(12)3-2-4-17-8/h2-4,16H,5H2,1H3. The number of pyridine rings is 1. The maximum atomic E-state index is 12.9. The minimum absolute atomic E-state index is 0.122. The summed E-state index contributed by atoms with van der Waals surface area (Å²) < 4.78 is 39.3. The molecule has 1 N–H and O–H groups in total. The van der Waals surface area contributed by atoms with Gasteiger partial charge in [-0.3, -0.25) is 4.98 Å². The molecule has 0 spiro atoms. The zero-order valence-electron chi connectivity index (χ0n) is 9.75. The van der Waals surface area contributed by atoms with Crippen LogP contribution in [-0.2, 0) is 12.7 Å². The molecule has 2 aromatic rings. The Balaban J connectivity index is 2.52. The first kappa shape index (κ1) is 14.4. The van der Waals surface area contributed by atoms with Crippen LogP contribution >= 0.6 is 27.3 Å². The van der Waals surface area contributed by atoms with Crippen molar-refractivity contribution in [1.29, 1.82) is 0 Å². The third-order valence-corrected chi connectivity index (χ3v) is 3.97. The zero-order chi connectivity index (χ0) is 14.0. The summed E-state index contributed by atoms with van der Waals surface area (Å²) in [4.78, 5) is 7.91. The maximum Gasteiger partial charge on any atom is 0.434 e. The van der Waals surface area contributed by atoms with E-state index in [2.05, 4.69) is 31.2 Å². The van der Waals surface area contributed by atoms with E-state index >= 15 is 0 Å². The average Bonchev–Trinajstić information content (AvgIpc) is 2.74. The van der Waals surface area contributed by atoms with Crippen molar-refractivity contribution in [2.75, 3.05) is 7.05 Å². The first-order chi connectivity index (χ1) is 8.93. The lowest BCUT2D eigenvalue weighted by atomic mass is 10.3. The smallest absolute Gasteiger partial charge is 0.315 e. The summed E-state index contributed by atoms with van der Waals surface area (Å²) in [5.74, 6) is 0. The minimum Gasteiger partial charge on any atom is -0.315 e. The predicted molar refractivity (Wildman–Crippen MR) is 70.8 cm³/mol. The van der Waals surface area contributed by atoms with Crippen molar-refractivity contribution in [1.82, 2.24) is 15.3 Å². The first-order valence-electron chi connectivity index (χ1n) is 5.26. The molecule has 2 aromatic heterocycles. The molecule has 3 nitrogen and oxygen atoms in total. The number of hydrogen-bond donors (Lipinski definition) is 1. The third kappa shape index (κ3) is 3.13. The predicted octanol–water partition coefficient (Wildman–Crippen LogP) is 3.71. The summed E-state index contributed by atoms with van der Waals surface area (Å²) in [6, 6.07) is 3.41. The molecule has 0 atom stereocenters. The SMILES string of the molecule is CNCc1sc(-c2ncccc2Br)nc1C(F)(F)F. The normalized spacial score (nSPS) is 11.8. The molecular formula is C11H9BrF3N3S. The van der Waals surface area contributed by atoms with Gasteiger partial charge in [-0.1, -0.05) is 0 Å². The Labute approximate surface area is 120 Å². The lowest BCUT2D eigenvalue weighted by Gasteiger charge is -2.04. The Bertz CT molecular complexity index is 583. The molecule has 2 heterocycles. The van der Waals surface area contributed by atoms with Crippen LogP contribution in [0.4, 0.5) is 13.2 Å². The van der Waals surface area contributed by atoms with Crippen molar-refractivity contribution in [3.8, 4) is 10.7 Å². The number of alkyl halides is 3. The van der Waals surface area contributed by atoms with Gasteiger partial charge in [-0.2, -0.15) is 13.2 Å². The van der Waals surface area contributed by atoms with Crippen molar-refractivity contribution in [2.24, 2.45) is 0 Å². The van der Waals surface area contributed by atoms with Crippen LogP contribution in [-0.4, -0.2) is 17.0 Å². The molecule has 0 radical (unpaired) electrons. The molecule has 0 fully saturated rings. The quantitative estimate of drug-likeness (QED) is 0.915. The van der Waals surface area contributed by atoms with Gasteiger partial charge in [0.2, 0.25) is 0 Å². The zero-order valence-corrected chi connectivity index (χ0v) is 12.2. The van der Waals surface area contributed by atoms with Gasteiger partial charge in [0.05, 0.1) is 4.88 Å². The number of aromatic nitrogens is 2. The molecule has 0 aromatic carbocycles. The van der Waals surface area contributed by atoms with E-state index in [0.29, 0.717) is 10.2 Å². The lowest BCUT2D eigenvalue weighted by molar-refractivity contribution is -0.141. The van der Waals surface area contributed by atoms with E-state index in [1.807, 2.05) is 0 Å². The van der Waals surface area contributed by atoms with Crippen LogP contribution in [0, 0.1) is 0 Å². The van der Waals surface area contributed by atoms with E-state index in [9.17, 15) is 13.2 Å². The highest BCUT2D eigenvalue weighted by Crippen LogP contribution is 2.38. The van der Waals surface area contributed by atoms with Crippen molar-refractivity contribution in [2.45, 2.75) is 12.7 Å². The highest BCUT2D eigenvalue weighted by Gasteiger charge is 2.37. The molecule has 0 saturated carbocycles. The van der Waals surface area contributed by atoms with Gasteiger partial charge in [0.25, 0.3) is 0 Å². The molecular weight excluding hydrogens is 343 g/mol. The van der Waals surface area contributed by atoms with Gasteiger partial charge in [-0.25, -0.2) is 4.98 Å². The average molecular weight is 352 g/mol. The van der Waals surface area contributed by atoms with Crippen molar-refractivity contribution in [3.05, 3.63) is 33.4 Å². The number of rotatable bonds is 3. The molecule has 0 saturated heterocycles. The minimum atomic E-state index is -4.46. The second kappa shape index (κ2) is 5.56. The maximum absolute atomic E-state index is 12.9. The highest BCUT2D eigenvalue weighted by molar-refractivity contribution is 9.10. The van der Waals surface area contributed by atoms with E-state index in [1.165, 1.54) is 6.20 Å². The Morgan fingerprint density at radius 1 is 1.42 bits per heavy atom. The van der Waals surface area contributed by atoms with Crippen LogP contribution in [0.2, 0.25) is 0 Å². The first-order valence-corrected chi connectivity index (χ1v) is 6.87. The molecule has 8 heteroatoms. The van der Waals surface area contributed by atoms with Gasteiger partial charge in [0, 0.05) is 17.2 Å². The van der Waals surface area contributed by atoms with Crippen molar-refractivity contribution in [3.63, 3.8) is 0 Å². The van der Waals surface area contributed by atoms with Crippen LogP contribution in [0.25, 0.3) is 10.7 Å². The summed E-state index contributed by atoms with van der Waals surface area (Å²) in [5, 5.41) is 2.97. The summed E-state index contributed by atoms with van der Waals surface area (Å²) in [7, 11) is 1.59. The van der Waals surface area contributed by atoms with Crippen molar-refractivity contribution >= 4 is 27.3 Å². The molecule has 2 rings (SSSR count). The van der Waals surface area contributed by atoms with E-state index in [-0.39, 0.29) is 16.4 Å². The van der Waals surface area contributed by atoms with E-state index in [1.54, 1.807) is 19.2 Å². The van der Waals surface area contributed by atoms with Gasteiger partial charge in [-0.05, 0) is 35.1 Å². The Kier molecular flexibility index (Phi) is 4.22. The van der Waals surface area contributed by atoms with Crippen molar-refractivity contribution < 1.29 is 13.2 Å². The fraction of sp³-hybridized carbons (Fsp3) is 0.273. The van der Waals surface area contributed by atoms with Crippen LogP contribution in [0.15, 0.2) is 22.8 Å². The monoisotopic (exact) mass is 351 g/mol. The Hall–Kier alpha value is -0.990. The number of nitrogens with zero attached hydrogens (tertiary/aromatic N) is 2. The number of halogens is 4. The second-order valence-electron chi connectivity index (χ2n) is 3.65. The summed E-state index contributed by atoms with van der Waals surface area (Å²) >= 11 is 4.26. The second-order valence-corrected chi connectivity index (χ2v) is 5.59. The Morgan fingerprint density at radius 3 is 2.74 bits per heavy atom. The fourth-order valence-electron chi connectivity index (χ4n) is 1.50. The van der Waals surface area contributed by atoms with Crippen LogP contribution in [0.1, 0.15) is 10.6 Å². The van der Waals surface area contributed by atoms with Gasteiger partial charge >= 0.3 is 6.18 Å². The highest BCUT2D eigenvalue weighted by atomic mass is 79.9. The molecule has 102 valence electrons. The fourth-order valence-corrected chi connectivity index (χ4v) is 3.18. The summed E-state index contributed by atoms with van der Waals surface area (Å²) in [6.07, 6.45) is -2.94. The van der Waals surface area contributed by atoms with E-state index in [4.69, 9.17) is 0 Å². The van der Waals surface area contributed by atoms with E-state index in [0.717, 1.165) is 11.3 Å². The lowest BCUT2D eigenvalue weighted by Crippen LogP contribution is -2.12. The Morgan fingerprint density at radius 2 is 2.16 bits per heavy atom. The molecule has 0 bridgehead atoms. The molecule has 0 aliphatic carbocycles. The van der Waals surface area contributed by atoms with Gasteiger partial charge in [0.1, 0.15) is 10.7 Å². The van der Waals surface area contributed by atoms with Gasteiger partial charge in [-0.15, -0.1) is 11.3 Å². The van der Waals surface area contributed by atoms with Crippen LogP contribution < -0.4 is 5.32 Å². The number of thiazole rings is 1. The summed E-state index contributed by atoms with van der Waals surface area (Å²) in [5.41, 5.74) is -0.431. The van der Waals surface area contributed by atoms with E-state index < -0.39 is 11.9 Å². The molecule has 0 aliphatic heterocycles. The van der Waals surface area contributed by atoms with Crippen LogP contribution in [0.3, 0.4) is 0 Å². The van der Waals surface area contributed by atoms with Gasteiger partial charge < -0.3 is 5.32 Å². The molecule has 19 heavy (non-hydrogen) atoms. The number of nitrogens with one attached hydrogen (secondary N) is 1. The summed E-state index contributed by atoms with van der Waals surface area (Å²) in [6.45, 7) is 0.122. The van der Waals surface area contributed by atoms with Crippen LogP contribution in [0.5, 0.6) is 0 Å². The topological polar surface area (TPSA) is 37.8 Å². The molecule has 0 aliphatic rings.